The summed E-state index contributed by atoms with van der Waals surface area (Å²) < 4.78 is 0. The first kappa shape index (κ1) is 8.80. The van der Waals surface area contributed by atoms with Crippen LogP contribution in [0.2, 0.25) is 0 Å². The molecule has 0 amide bonds. The molecule has 0 aromatic carbocycles. The van der Waals surface area contributed by atoms with E-state index >= 15 is 0 Å². The molecule has 2 rings (SSSR count). The molecule has 0 saturated heterocycles. The summed E-state index contributed by atoms with van der Waals surface area (Å²) >= 11 is 3.77. The summed E-state index contributed by atoms with van der Waals surface area (Å²) in [6.45, 7) is 2.37. The maximum Gasteiger partial charge on any atom is 0.0356 e. The fourth-order valence-corrected chi connectivity index (χ4v) is 3.64. The van der Waals surface area contributed by atoms with Crippen LogP contribution >= 0.6 is 15.9 Å². The van der Waals surface area contributed by atoms with Crippen molar-refractivity contribution in [3.8, 4) is 0 Å². The van der Waals surface area contributed by atoms with Gasteiger partial charge in [-0.3, -0.25) is 0 Å². The number of fused-ring (bicyclic) bond motifs is 1. The van der Waals surface area contributed by atoms with Crippen LogP contribution in [0.3, 0.4) is 0 Å². The lowest BCUT2D eigenvalue weighted by atomic mass is 9.69. The highest BCUT2D eigenvalue weighted by atomic mass is 79.9. The topological polar surface area (TPSA) is 0 Å². The van der Waals surface area contributed by atoms with Crippen LogP contribution in [-0.2, 0) is 0 Å². The zero-order chi connectivity index (χ0) is 8.55. The molecular weight excluding hydrogens is 212 g/mol. The molecule has 0 bridgehead atoms. The van der Waals surface area contributed by atoms with Crippen molar-refractivity contribution in [2.45, 2.75) is 37.4 Å². The molecule has 2 aliphatic rings. The zero-order valence-corrected chi connectivity index (χ0v) is 9.26. The number of rotatable bonds is 0. The Bertz CT molecular complexity index is 165. The van der Waals surface area contributed by atoms with E-state index in [1.54, 1.807) is 0 Å². The zero-order valence-electron chi connectivity index (χ0n) is 7.67. The summed E-state index contributed by atoms with van der Waals surface area (Å²) in [7, 11) is 0. The van der Waals surface area contributed by atoms with Crippen molar-refractivity contribution >= 4 is 15.9 Å². The van der Waals surface area contributed by atoms with Crippen LogP contribution in [0.5, 0.6) is 0 Å². The molecule has 0 spiro atoms. The van der Waals surface area contributed by atoms with Crippen LogP contribution in [0.15, 0.2) is 12.2 Å². The Morgan fingerprint density at radius 2 is 1.75 bits per heavy atom. The highest BCUT2D eigenvalue weighted by Crippen LogP contribution is 2.43. The first-order chi connectivity index (χ1) is 5.79. The van der Waals surface area contributed by atoms with Gasteiger partial charge in [-0.2, -0.15) is 0 Å². The third-order valence-electron chi connectivity index (χ3n) is 3.56. The summed E-state index contributed by atoms with van der Waals surface area (Å²) in [6, 6.07) is 0. The fraction of sp³-hybridized carbons (Fsp3) is 0.818. The van der Waals surface area contributed by atoms with Crippen molar-refractivity contribution in [3.05, 3.63) is 12.2 Å². The highest BCUT2D eigenvalue weighted by Gasteiger charge is 2.34. The monoisotopic (exact) mass is 228 g/mol. The molecule has 12 heavy (non-hydrogen) atoms. The maximum atomic E-state index is 3.77. The quantitative estimate of drug-likeness (QED) is 0.438. The van der Waals surface area contributed by atoms with Crippen LogP contribution in [0.4, 0.5) is 0 Å². The van der Waals surface area contributed by atoms with Crippen LogP contribution in [0.25, 0.3) is 0 Å². The number of hydrogen-bond donors (Lipinski definition) is 0. The summed E-state index contributed by atoms with van der Waals surface area (Å²) in [5.41, 5.74) is 0. The highest BCUT2D eigenvalue weighted by molar-refractivity contribution is 9.09. The average Bonchev–Trinajstić information content (AvgIpc) is 2.12. The number of halogens is 1. The Kier molecular flexibility index (Phi) is 2.59. The summed E-state index contributed by atoms with van der Waals surface area (Å²) in [4.78, 5) is 0.666. The molecule has 1 heteroatoms. The molecule has 0 aromatic rings. The van der Waals surface area contributed by atoms with Gasteiger partial charge in [0.1, 0.15) is 0 Å². The largest absolute Gasteiger partial charge is 0.0843 e. The van der Waals surface area contributed by atoms with Gasteiger partial charge in [0.25, 0.3) is 0 Å². The lowest BCUT2D eigenvalue weighted by molar-refractivity contribution is 0.192. The number of allylic oxidation sites excluding steroid dienone is 2. The minimum Gasteiger partial charge on any atom is -0.0843 e. The smallest absolute Gasteiger partial charge is 0.0356 e. The molecular formula is C11H17Br. The van der Waals surface area contributed by atoms with Crippen molar-refractivity contribution in [2.75, 3.05) is 0 Å². The molecule has 0 nitrogen and oxygen atoms in total. The van der Waals surface area contributed by atoms with Crippen LogP contribution in [0.1, 0.15) is 32.6 Å². The van der Waals surface area contributed by atoms with Gasteiger partial charge >= 0.3 is 0 Å². The standard InChI is InChI=1S/C11H17Br/c1-8-6-7-11(12)10-5-3-2-4-9(8)10/h6-11H,2-5H2,1H3. The molecule has 1 saturated carbocycles. The van der Waals surface area contributed by atoms with Crippen molar-refractivity contribution in [1.82, 2.24) is 0 Å². The van der Waals surface area contributed by atoms with Gasteiger partial charge in [0.15, 0.2) is 0 Å². The van der Waals surface area contributed by atoms with Crippen LogP contribution in [-0.4, -0.2) is 4.83 Å². The van der Waals surface area contributed by atoms with Gasteiger partial charge in [-0.15, -0.1) is 0 Å². The summed E-state index contributed by atoms with van der Waals surface area (Å²) in [5, 5.41) is 0. The van der Waals surface area contributed by atoms with E-state index < -0.39 is 0 Å². The molecule has 0 aliphatic heterocycles. The van der Waals surface area contributed by atoms with Gasteiger partial charge in [0.2, 0.25) is 0 Å². The first-order valence-corrected chi connectivity index (χ1v) is 6.03. The molecule has 0 N–H and O–H groups in total. The van der Waals surface area contributed by atoms with E-state index in [0.717, 1.165) is 17.8 Å². The minimum absolute atomic E-state index is 0.666. The third kappa shape index (κ3) is 1.48. The van der Waals surface area contributed by atoms with Crippen molar-refractivity contribution < 1.29 is 0 Å². The fourth-order valence-electron chi connectivity index (χ4n) is 2.80. The predicted molar refractivity (Wildman–Crippen MR) is 56.5 cm³/mol. The van der Waals surface area contributed by atoms with Gasteiger partial charge in [-0.25, -0.2) is 0 Å². The lowest BCUT2D eigenvalue weighted by Crippen LogP contribution is -2.33. The second-order valence-corrected chi connectivity index (χ2v) is 5.36. The van der Waals surface area contributed by atoms with Gasteiger partial charge < -0.3 is 0 Å². The van der Waals surface area contributed by atoms with Crippen molar-refractivity contribution in [3.63, 3.8) is 0 Å². The third-order valence-corrected chi connectivity index (χ3v) is 4.54. The van der Waals surface area contributed by atoms with E-state index in [4.69, 9.17) is 0 Å². The maximum absolute atomic E-state index is 3.77. The molecule has 1 fully saturated rings. The lowest BCUT2D eigenvalue weighted by Gasteiger charge is -2.39. The normalized spacial score (nSPS) is 47.2. The number of hydrogen-bond acceptors (Lipinski definition) is 0. The molecule has 68 valence electrons. The second kappa shape index (κ2) is 3.53. The van der Waals surface area contributed by atoms with Crippen molar-refractivity contribution in [2.24, 2.45) is 17.8 Å². The van der Waals surface area contributed by atoms with E-state index in [-0.39, 0.29) is 0 Å². The Morgan fingerprint density at radius 1 is 1.08 bits per heavy atom. The molecule has 0 radical (unpaired) electrons. The van der Waals surface area contributed by atoms with E-state index in [0.29, 0.717) is 4.83 Å². The Balaban J connectivity index is 2.15. The van der Waals surface area contributed by atoms with E-state index in [9.17, 15) is 0 Å². The molecule has 4 atom stereocenters. The summed E-state index contributed by atoms with van der Waals surface area (Å²) in [5.74, 6) is 2.72. The number of alkyl halides is 1. The summed E-state index contributed by atoms with van der Waals surface area (Å²) in [6.07, 6.45) is 10.6. The SMILES string of the molecule is CC1C=CC(Br)C2CCCCC12. The van der Waals surface area contributed by atoms with Crippen LogP contribution < -0.4 is 0 Å². The average molecular weight is 229 g/mol. The van der Waals surface area contributed by atoms with E-state index in [2.05, 4.69) is 35.0 Å². The first-order valence-electron chi connectivity index (χ1n) is 5.11. The van der Waals surface area contributed by atoms with Crippen molar-refractivity contribution in [1.29, 1.82) is 0 Å². The van der Waals surface area contributed by atoms with Gasteiger partial charge in [0.05, 0.1) is 0 Å². The Labute approximate surface area is 83.6 Å². The van der Waals surface area contributed by atoms with Gasteiger partial charge in [0, 0.05) is 4.83 Å². The van der Waals surface area contributed by atoms with E-state index in [1.807, 2.05) is 0 Å². The van der Waals surface area contributed by atoms with E-state index in [1.165, 1.54) is 25.7 Å². The Morgan fingerprint density at radius 3 is 2.42 bits per heavy atom. The second-order valence-electron chi connectivity index (χ2n) is 4.30. The molecule has 0 heterocycles. The molecule has 0 aromatic heterocycles. The van der Waals surface area contributed by atoms with Crippen LogP contribution in [0, 0.1) is 17.8 Å². The Hall–Kier alpha value is 0.220. The van der Waals surface area contributed by atoms with Gasteiger partial charge in [-0.05, 0) is 30.6 Å². The molecule has 4 unspecified atom stereocenters. The van der Waals surface area contributed by atoms with Gasteiger partial charge in [-0.1, -0.05) is 47.8 Å². The minimum atomic E-state index is 0.666. The predicted octanol–water partition coefficient (Wildman–Crippen LogP) is 3.76. The molecule has 2 aliphatic carbocycles.